The third kappa shape index (κ3) is 7.26. The van der Waals surface area contributed by atoms with Gasteiger partial charge in [-0.25, -0.2) is 0 Å². The van der Waals surface area contributed by atoms with Crippen molar-refractivity contribution in [3.05, 3.63) is 59.7 Å². The maximum atomic E-state index is 12.4. The summed E-state index contributed by atoms with van der Waals surface area (Å²) in [6.45, 7) is 6.76. The standard InChI is InChI=1S/C24H32N2O3/c1-17(2)16-19-11-13-20(14-12-19)18(3)24(28)25-15-7-10-23(27)26-21-8-5-6-9-22(21)29-4/h5-6,8-9,11-14,17-18H,7,10,15-16H2,1-4H3,(H,25,28)(H,26,27). The van der Waals surface area contributed by atoms with Gasteiger partial charge in [-0.1, -0.05) is 50.2 Å². The summed E-state index contributed by atoms with van der Waals surface area (Å²) in [5.41, 5.74) is 2.94. The lowest BCUT2D eigenvalue weighted by Gasteiger charge is -2.14. The predicted molar refractivity (Wildman–Crippen MR) is 117 cm³/mol. The van der Waals surface area contributed by atoms with E-state index in [2.05, 4.69) is 36.6 Å². The van der Waals surface area contributed by atoms with Gasteiger partial charge in [0.05, 0.1) is 18.7 Å². The van der Waals surface area contributed by atoms with Gasteiger partial charge < -0.3 is 15.4 Å². The van der Waals surface area contributed by atoms with Crippen molar-refractivity contribution in [1.82, 2.24) is 5.32 Å². The molecule has 0 heterocycles. The Bertz CT molecular complexity index is 800. The summed E-state index contributed by atoms with van der Waals surface area (Å²) < 4.78 is 5.23. The van der Waals surface area contributed by atoms with E-state index in [9.17, 15) is 9.59 Å². The number of nitrogens with one attached hydrogen (secondary N) is 2. The molecule has 0 fully saturated rings. The van der Waals surface area contributed by atoms with Gasteiger partial charge in [0, 0.05) is 13.0 Å². The van der Waals surface area contributed by atoms with Gasteiger partial charge in [-0.2, -0.15) is 0 Å². The van der Waals surface area contributed by atoms with Crippen LogP contribution in [0, 0.1) is 5.92 Å². The average molecular weight is 397 g/mol. The Hall–Kier alpha value is -2.82. The van der Waals surface area contributed by atoms with Crippen molar-refractivity contribution in [2.75, 3.05) is 19.0 Å². The second kappa shape index (κ2) is 11.2. The summed E-state index contributed by atoms with van der Waals surface area (Å²) in [6.07, 6.45) is 1.95. The van der Waals surface area contributed by atoms with E-state index >= 15 is 0 Å². The fourth-order valence-corrected chi connectivity index (χ4v) is 3.14. The van der Waals surface area contributed by atoms with Crippen molar-refractivity contribution >= 4 is 17.5 Å². The summed E-state index contributed by atoms with van der Waals surface area (Å²) in [4.78, 5) is 24.5. The fourth-order valence-electron chi connectivity index (χ4n) is 3.14. The molecule has 2 aromatic rings. The molecule has 0 radical (unpaired) electrons. The van der Waals surface area contributed by atoms with Gasteiger partial charge in [-0.3, -0.25) is 9.59 Å². The molecule has 0 aliphatic rings. The Kier molecular flexibility index (Phi) is 8.71. The summed E-state index contributed by atoms with van der Waals surface area (Å²) >= 11 is 0. The van der Waals surface area contributed by atoms with Gasteiger partial charge in [-0.15, -0.1) is 0 Å². The van der Waals surface area contributed by atoms with E-state index < -0.39 is 0 Å². The van der Waals surface area contributed by atoms with Crippen molar-refractivity contribution in [1.29, 1.82) is 0 Å². The molecule has 5 heteroatoms. The van der Waals surface area contributed by atoms with Crippen molar-refractivity contribution in [2.24, 2.45) is 5.92 Å². The van der Waals surface area contributed by atoms with Crippen LogP contribution in [0.15, 0.2) is 48.5 Å². The van der Waals surface area contributed by atoms with Gasteiger partial charge in [0.1, 0.15) is 5.75 Å². The first-order valence-electron chi connectivity index (χ1n) is 10.2. The van der Waals surface area contributed by atoms with Crippen LogP contribution in [0.1, 0.15) is 50.7 Å². The summed E-state index contributed by atoms with van der Waals surface area (Å²) in [5, 5.41) is 5.77. The lowest BCUT2D eigenvalue weighted by molar-refractivity contribution is -0.122. The Morgan fingerprint density at radius 2 is 1.69 bits per heavy atom. The van der Waals surface area contributed by atoms with Crippen LogP contribution in [0.2, 0.25) is 0 Å². The smallest absolute Gasteiger partial charge is 0.227 e. The first-order valence-corrected chi connectivity index (χ1v) is 10.2. The minimum absolute atomic E-state index is 0.0215. The summed E-state index contributed by atoms with van der Waals surface area (Å²) in [6, 6.07) is 15.5. The molecule has 0 aliphatic carbocycles. The average Bonchev–Trinajstić information content (AvgIpc) is 2.71. The minimum atomic E-state index is -0.217. The molecular formula is C24H32N2O3. The van der Waals surface area contributed by atoms with Crippen LogP contribution in [0.5, 0.6) is 5.75 Å². The van der Waals surface area contributed by atoms with Crippen molar-refractivity contribution in [2.45, 2.75) is 46.0 Å². The Balaban J connectivity index is 1.74. The molecule has 29 heavy (non-hydrogen) atoms. The molecule has 2 N–H and O–H groups in total. The van der Waals surface area contributed by atoms with Gasteiger partial charge in [0.25, 0.3) is 0 Å². The first kappa shape index (κ1) is 22.5. The number of carbonyl (C=O) groups is 2. The molecule has 0 bridgehead atoms. The molecule has 1 unspecified atom stereocenters. The number of hydrogen-bond donors (Lipinski definition) is 2. The van der Waals surface area contributed by atoms with Crippen LogP contribution >= 0.6 is 0 Å². The second-order valence-electron chi connectivity index (χ2n) is 7.70. The van der Waals surface area contributed by atoms with Gasteiger partial charge >= 0.3 is 0 Å². The molecule has 156 valence electrons. The van der Waals surface area contributed by atoms with Crippen molar-refractivity contribution in [3.8, 4) is 5.75 Å². The van der Waals surface area contributed by atoms with E-state index in [1.807, 2.05) is 31.2 Å². The largest absolute Gasteiger partial charge is 0.495 e. The number of benzene rings is 2. The monoisotopic (exact) mass is 396 g/mol. The molecule has 2 rings (SSSR count). The predicted octanol–water partition coefficient (Wildman–Crippen LogP) is 4.53. The number of ether oxygens (including phenoxy) is 1. The topological polar surface area (TPSA) is 67.4 Å². The Labute approximate surface area is 173 Å². The van der Waals surface area contributed by atoms with Crippen LogP contribution in [0.3, 0.4) is 0 Å². The quantitative estimate of drug-likeness (QED) is 0.580. The van der Waals surface area contributed by atoms with Gasteiger partial charge in [0.2, 0.25) is 11.8 Å². The zero-order chi connectivity index (χ0) is 21.2. The lowest BCUT2D eigenvalue weighted by Crippen LogP contribution is -2.29. The van der Waals surface area contributed by atoms with Crippen LogP contribution in [-0.2, 0) is 16.0 Å². The number of amides is 2. The van der Waals surface area contributed by atoms with Crippen LogP contribution < -0.4 is 15.4 Å². The molecule has 0 saturated heterocycles. The highest BCUT2D eigenvalue weighted by Crippen LogP contribution is 2.23. The van der Waals surface area contributed by atoms with Crippen LogP contribution in [0.25, 0.3) is 0 Å². The lowest BCUT2D eigenvalue weighted by atomic mass is 9.96. The number of anilines is 1. The highest BCUT2D eigenvalue weighted by molar-refractivity contribution is 5.92. The first-order chi connectivity index (χ1) is 13.9. The number of rotatable bonds is 10. The zero-order valence-electron chi connectivity index (χ0n) is 17.8. The normalized spacial score (nSPS) is 11.8. The summed E-state index contributed by atoms with van der Waals surface area (Å²) in [7, 11) is 1.57. The molecule has 1 atom stereocenters. The van der Waals surface area contributed by atoms with E-state index in [1.165, 1.54) is 5.56 Å². The third-order valence-corrected chi connectivity index (χ3v) is 4.78. The number of para-hydroxylation sites is 2. The SMILES string of the molecule is COc1ccccc1NC(=O)CCCNC(=O)C(C)c1ccc(CC(C)C)cc1. The molecule has 0 aromatic heterocycles. The Morgan fingerprint density at radius 3 is 2.34 bits per heavy atom. The highest BCUT2D eigenvalue weighted by atomic mass is 16.5. The summed E-state index contributed by atoms with van der Waals surface area (Å²) in [5.74, 6) is 0.902. The van der Waals surface area contributed by atoms with Crippen LogP contribution in [-0.4, -0.2) is 25.5 Å². The van der Waals surface area contributed by atoms with E-state index in [0.717, 1.165) is 12.0 Å². The molecule has 0 aliphatic heterocycles. The van der Waals surface area contributed by atoms with E-state index in [4.69, 9.17) is 4.74 Å². The van der Waals surface area contributed by atoms with Crippen LogP contribution in [0.4, 0.5) is 5.69 Å². The molecule has 0 spiro atoms. The molecule has 5 nitrogen and oxygen atoms in total. The second-order valence-corrected chi connectivity index (χ2v) is 7.70. The highest BCUT2D eigenvalue weighted by Gasteiger charge is 2.15. The van der Waals surface area contributed by atoms with E-state index in [0.29, 0.717) is 36.7 Å². The molecule has 2 amide bonds. The van der Waals surface area contributed by atoms with E-state index in [1.54, 1.807) is 19.2 Å². The molecule has 0 saturated carbocycles. The zero-order valence-corrected chi connectivity index (χ0v) is 17.8. The minimum Gasteiger partial charge on any atom is -0.495 e. The maximum Gasteiger partial charge on any atom is 0.227 e. The number of carbonyl (C=O) groups excluding carboxylic acids is 2. The Morgan fingerprint density at radius 1 is 1.00 bits per heavy atom. The van der Waals surface area contributed by atoms with Gasteiger partial charge in [0.15, 0.2) is 0 Å². The number of hydrogen-bond acceptors (Lipinski definition) is 3. The molecular weight excluding hydrogens is 364 g/mol. The fraction of sp³-hybridized carbons (Fsp3) is 0.417. The maximum absolute atomic E-state index is 12.4. The van der Waals surface area contributed by atoms with Crippen molar-refractivity contribution < 1.29 is 14.3 Å². The van der Waals surface area contributed by atoms with E-state index in [-0.39, 0.29) is 17.7 Å². The van der Waals surface area contributed by atoms with Crippen molar-refractivity contribution in [3.63, 3.8) is 0 Å². The third-order valence-electron chi connectivity index (χ3n) is 4.78. The van der Waals surface area contributed by atoms with Gasteiger partial charge in [-0.05, 0) is 48.9 Å². The molecule has 2 aromatic carbocycles. The number of methoxy groups -OCH3 is 1.